The second kappa shape index (κ2) is 14.2. The third-order valence-corrected chi connectivity index (χ3v) is 8.13. The van der Waals surface area contributed by atoms with Gasteiger partial charge in [0.25, 0.3) is 21.8 Å². The standard InChI is InChI=1S/C32H31FN4O5S/c1-23-8-18-30(19-9-23)43(40,41)37(28-14-12-27(33)13-15-28)21-31(38)36-34-20-25-10-16-29(17-11-25)42-22-32(39)35-24(2)26-6-4-3-5-7-26/h3-20,24H,21-22H2,1-2H3,(H,35,39)(H,36,38)/b34-20-/t24-/m0/s1. The van der Waals surface area contributed by atoms with E-state index in [1.54, 1.807) is 36.4 Å². The fraction of sp³-hybridized carbons (Fsp3) is 0.156. The molecular formula is C32H31FN4O5S. The van der Waals surface area contributed by atoms with Crippen molar-refractivity contribution in [3.05, 3.63) is 126 Å². The summed E-state index contributed by atoms with van der Waals surface area (Å²) in [6, 6.07) is 27.1. The highest BCUT2D eigenvalue weighted by molar-refractivity contribution is 7.92. The Hall–Kier alpha value is -5.03. The molecule has 0 aliphatic rings. The molecule has 0 fully saturated rings. The number of ether oxygens (including phenoxy) is 1. The van der Waals surface area contributed by atoms with Gasteiger partial charge in [-0.15, -0.1) is 0 Å². The largest absolute Gasteiger partial charge is 0.484 e. The van der Waals surface area contributed by atoms with E-state index in [9.17, 15) is 22.4 Å². The van der Waals surface area contributed by atoms with Gasteiger partial charge in [0.05, 0.1) is 22.8 Å². The maximum atomic E-state index is 13.5. The summed E-state index contributed by atoms with van der Waals surface area (Å²) in [4.78, 5) is 25.0. The zero-order chi connectivity index (χ0) is 30.8. The quantitative estimate of drug-likeness (QED) is 0.180. The first-order chi connectivity index (χ1) is 20.6. The van der Waals surface area contributed by atoms with Crippen LogP contribution in [-0.4, -0.2) is 39.6 Å². The first-order valence-electron chi connectivity index (χ1n) is 13.4. The van der Waals surface area contributed by atoms with Gasteiger partial charge in [-0.25, -0.2) is 18.2 Å². The van der Waals surface area contributed by atoms with Crippen molar-refractivity contribution in [2.75, 3.05) is 17.5 Å². The Labute approximate surface area is 250 Å². The number of hydrogen-bond donors (Lipinski definition) is 2. The molecule has 0 bridgehead atoms. The minimum absolute atomic E-state index is 0.00998. The maximum Gasteiger partial charge on any atom is 0.264 e. The third-order valence-electron chi connectivity index (χ3n) is 6.34. The molecule has 0 spiro atoms. The Bertz CT molecular complexity index is 1660. The van der Waals surface area contributed by atoms with Crippen molar-refractivity contribution >= 4 is 33.7 Å². The van der Waals surface area contributed by atoms with Gasteiger partial charge in [-0.3, -0.25) is 13.9 Å². The fourth-order valence-electron chi connectivity index (χ4n) is 4.01. The molecule has 4 aromatic carbocycles. The van der Waals surface area contributed by atoms with Crippen molar-refractivity contribution in [1.82, 2.24) is 10.7 Å². The minimum atomic E-state index is -4.14. The molecule has 0 aliphatic heterocycles. The Morgan fingerprint density at radius 1 is 0.907 bits per heavy atom. The van der Waals surface area contributed by atoms with E-state index < -0.39 is 28.3 Å². The summed E-state index contributed by atoms with van der Waals surface area (Å²) < 4.78 is 46.7. The molecule has 4 rings (SSSR count). The van der Waals surface area contributed by atoms with E-state index in [-0.39, 0.29) is 29.1 Å². The molecular weight excluding hydrogens is 571 g/mol. The van der Waals surface area contributed by atoms with Crippen LogP contribution in [0.1, 0.15) is 29.7 Å². The number of carbonyl (C=O) groups is 2. The highest BCUT2D eigenvalue weighted by atomic mass is 32.2. The van der Waals surface area contributed by atoms with Crippen LogP contribution in [0.4, 0.5) is 10.1 Å². The van der Waals surface area contributed by atoms with Crippen LogP contribution in [0.2, 0.25) is 0 Å². The molecule has 4 aromatic rings. The topological polar surface area (TPSA) is 117 Å². The van der Waals surface area contributed by atoms with Crippen LogP contribution in [0.15, 0.2) is 113 Å². The van der Waals surface area contributed by atoms with Gasteiger partial charge >= 0.3 is 0 Å². The smallest absolute Gasteiger partial charge is 0.264 e. The number of aryl methyl sites for hydroxylation is 1. The third kappa shape index (κ3) is 8.73. The molecule has 43 heavy (non-hydrogen) atoms. The number of benzene rings is 4. The van der Waals surface area contributed by atoms with Crippen LogP contribution in [0, 0.1) is 12.7 Å². The Balaban J connectivity index is 1.33. The summed E-state index contributed by atoms with van der Waals surface area (Å²) in [7, 11) is -4.14. The Morgan fingerprint density at radius 3 is 2.21 bits per heavy atom. The monoisotopic (exact) mass is 602 g/mol. The van der Waals surface area contributed by atoms with E-state index in [1.807, 2.05) is 44.2 Å². The summed E-state index contributed by atoms with van der Waals surface area (Å²) in [5.41, 5.74) is 4.94. The first-order valence-corrected chi connectivity index (χ1v) is 14.8. The zero-order valence-electron chi connectivity index (χ0n) is 23.6. The van der Waals surface area contributed by atoms with E-state index in [0.717, 1.165) is 27.6 Å². The maximum absolute atomic E-state index is 13.5. The van der Waals surface area contributed by atoms with Crippen molar-refractivity contribution in [3.8, 4) is 5.75 Å². The number of amides is 2. The fourth-order valence-corrected chi connectivity index (χ4v) is 5.43. The molecule has 1 atom stereocenters. The van der Waals surface area contributed by atoms with Crippen molar-refractivity contribution in [1.29, 1.82) is 0 Å². The summed E-state index contributed by atoms with van der Waals surface area (Å²) in [5.74, 6) is -1.03. The van der Waals surface area contributed by atoms with E-state index in [0.29, 0.717) is 11.3 Å². The molecule has 9 nitrogen and oxygen atoms in total. The van der Waals surface area contributed by atoms with Gasteiger partial charge in [-0.2, -0.15) is 5.10 Å². The number of hydrazone groups is 1. The van der Waals surface area contributed by atoms with E-state index >= 15 is 0 Å². The average molecular weight is 603 g/mol. The number of halogens is 1. The van der Waals surface area contributed by atoms with E-state index in [1.165, 1.54) is 30.5 Å². The van der Waals surface area contributed by atoms with E-state index in [4.69, 9.17) is 4.74 Å². The van der Waals surface area contributed by atoms with Crippen LogP contribution in [0.25, 0.3) is 0 Å². The Kier molecular flexibility index (Phi) is 10.2. The second-order valence-corrected chi connectivity index (χ2v) is 11.5. The van der Waals surface area contributed by atoms with Crippen LogP contribution in [-0.2, 0) is 19.6 Å². The molecule has 2 N–H and O–H groups in total. The number of sulfonamides is 1. The summed E-state index contributed by atoms with van der Waals surface area (Å²) in [6.07, 6.45) is 1.38. The summed E-state index contributed by atoms with van der Waals surface area (Å²) in [5, 5.41) is 6.80. The molecule has 0 saturated heterocycles. The van der Waals surface area contributed by atoms with Gasteiger partial charge in [-0.1, -0.05) is 48.0 Å². The molecule has 0 radical (unpaired) electrons. The van der Waals surface area contributed by atoms with Gasteiger partial charge in [0, 0.05) is 0 Å². The van der Waals surface area contributed by atoms with Crippen LogP contribution in [0.3, 0.4) is 0 Å². The summed E-state index contributed by atoms with van der Waals surface area (Å²) >= 11 is 0. The lowest BCUT2D eigenvalue weighted by Crippen LogP contribution is -2.39. The molecule has 0 heterocycles. The van der Waals surface area contributed by atoms with E-state index in [2.05, 4.69) is 15.8 Å². The minimum Gasteiger partial charge on any atom is -0.484 e. The molecule has 0 aromatic heterocycles. The highest BCUT2D eigenvalue weighted by Gasteiger charge is 2.27. The normalized spacial score (nSPS) is 12.0. The molecule has 0 aliphatic carbocycles. The number of hydrogen-bond acceptors (Lipinski definition) is 6. The van der Waals surface area contributed by atoms with Crippen molar-refractivity contribution in [3.63, 3.8) is 0 Å². The lowest BCUT2D eigenvalue weighted by Gasteiger charge is -2.23. The molecule has 2 amide bonds. The number of rotatable bonds is 12. The van der Waals surface area contributed by atoms with Crippen molar-refractivity contribution < 1.29 is 27.1 Å². The SMILES string of the molecule is Cc1ccc(S(=O)(=O)N(CC(=O)N/N=C\c2ccc(OCC(=O)N[C@@H](C)c3ccccc3)cc2)c2ccc(F)cc2)cc1. The number of nitrogens with one attached hydrogen (secondary N) is 2. The number of carbonyl (C=O) groups excluding carboxylic acids is 2. The van der Waals surface area contributed by atoms with Gasteiger partial charge in [0.1, 0.15) is 18.1 Å². The predicted molar refractivity (Wildman–Crippen MR) is 163 cm³/mol. The molecule has 11 heteroatoms. The molecule has 0 unspecified atom stereocenters. The van der Waals surface area contributed by atoms with Crippen LogP contribution < -0.4 is 19.8 Å². The predicted octanol–water partition coefficient (Wildman–Crippen LogP) is 4.74. The lowest BCUT2D eigenvalue weighted by molar-refractivity contribution is -0.123. The second-order valence-electron chi connectivity index (χ2n) is 9.65. The number of nitrogens with zero attached hydrogens (tertiary/aromatic N) is 2. The number of anilines is 1. The van der Waals surface area contributed by atoms with Crippen LogP contribution >= 0.6 is 0 Å². The van der Waals surface area contributed by atoms with Gasteiger partial charge in [-0.05, 0) is 85.6 Å². The molecule has 222 valence electrons. The van der Waals surface area contributed by atoms with Crippen molar-refractivity contribution in [2.24, 2.45) is 5.10 Å². The highest BCUT2D eigenvalue weighted by Crippen LogP contribution is 2.24. The van der Waals surface area contributed by atoms with Gasteiger partial charge in [0.2, 0.25) is 0 Å². The zero-order valence-corrected chi connectivity index (χ0v) is 24.4. The Morgan fingerprint density at radius 2 is 1.56 bits per heavy atom. The summed E-state index contributed by atoms with van der Waals surface area (Å²) in [6.45, 7) is 2.98. The van der Waals surface area contributed by atoms with Crippen molar-refractivity contribution in [2.45, 2.75) is 24.8 Å². The van der Waals surface area contributed by atoms with Gasteiger partial charge in [0.15, 0.2) is 6.61 Å². The van der Waals surface area contributed by atoms with Crippen LogP contribution in [0.5, 0.6) is 5.75 Å². The lowest BCUT2D eigenvalue weighted by atomic mass is 10.1. The molecule has 0 saturated carbocycles. The van der Waals surface area contributed by atoms with Gasteiger partial charge < -0.3 is 10.1 Å². The average Bonchev–Trinajstić information content (AvgIpc) is 3.00. The first kappa shape index (κ1) is 30.9.